The van der Waals surface area contributed by atoms with Gasteiger partial charge in [0.15, 0.2) is 0 Å². The van der Waals surface area contributed by atoms with Gasteiger partial charge in [0.1, 0.15) is 10.7 Å². The molecule has 5 rings (SSSR count). The molecule has 2 aromatic heterocycles. The van der Waals surface area contributed by atoms with E-state index in [0.29, 0.717) is 30.4 Å². The van der Waals surface area contributed by atoms with E-state index in [1.54, 1.807) is 11.3 Å². The largest absolute Gasteiger partial charge is 0.368 e. The molecule has 1 aliphatic carbocycles. The van der Waals surface area contributed by atoms with Crippen LogP contribution >= 0.6 is 34.7 Å². The molecule has 3 heterocycles. The van der Waals surface area contributed by atoms with Crippen LogP contribution in [-0.2, 0) is 23.4 Å². The van der Waals surface area contributed by atoms with Crippen molar-refractivity contribution >= 4 is 56.5 Å². The highest BCUT2D eigenvalue weighted by atomic mass is 35.5. The zero-order chi connectivity index (χ0) is 21.4. The number of amides is 1. The standard InChI is InChI=1S/C22H23ClN4O2S2/c23-14-4-6-15(7-5-14)26-8-10-27(11-9-26)19(28)13-30-12-18-24-21(29)20-16-2-1-3-17(16)31-22(20)25-18/h4-7H,1-3,8-13H2,(H,24,25,29). The molecule has 0 saturated carbocycles. The summed E-state index contributed by atoms with van der Waals surface area (Å²) in [6, 6.07) is 7.82. The van der Waals surface area contributed by atoms with Crippen LogP contribution < -0.4 is 10.5 Å². The lowest BCUT2D eigenvalue weighted by Gasteiger charge is -2.36. The average Bonchev–Trinajstić information content (AvgIpc) is 3.35. The summed E-state index contributed by atoms with van der Waals surface area (Å²) in [5, 5.41) is 1.51. The number of nitrogens with one attached hydrogen (secondary N) is 1. The van der Waals surface area contributed by atoms with E-state index in [1.807, 2.05) is 29.2 Å². The summed E-state index contributed by atoms with van der Waals surface area (Å²) in [7, 11) is 0. The SMILES string of the molecule is O=C(CSCc1nc2sc3c(c2c(=O)[nH]1)CCC3)N1CCN(c2ccc(Cl)cc2)CC1. The van der Waals surface area contributed by atoms with Crippen molar-refractivity contribution in [2.45, 2.75) is 25.0 Å². The van der Waals surface area contributed by atoms with Gasteiger partial charge in [-0.05, 0) is 49.1 Å². The van der Waals surface area contributed by atoms with Crippen LogP contribution in [0.3, 0.4) is 0 Å². The number of halogens is 1. The molecule has 162 valence electrons. The predicted molar refractivity (Wildman–Crippen MR) is 129 cm³/mol. The lowest BCUT2D eigenvalue weighted by molar-refractivity contribution is -0.128. The van der Waals surface area contributed by atoms with Crippen molar-refractivity contribution in [2.75, 3.05) is 36.8 Å². The molecule has 0 spiro atoms. The minimum atomic E-state index is -0.0374. The normalized spacial score (nSPS) is 16.2. The Morgan fingerprint density at radius 2 is 1.94 bits per heavy atom. The van der Waals surface area contributed by atoms with Gasteiger partial charge in [-0.25, -0.2) is 4.98 Å². The third-order valence-electron chi connectivity index (χ3n) is 5.91. The molecule has 1 amide bonds. The van der Waals surface area contributed by atoms with Crippen molar-refractivity contribution in [3.05, 3.63) is 55.9 Å². The number of nitrogens with zero attached hydrogens (tertiary/aromatic N) is 3. The van der Waals surface area contributed by atoms with Crippen LogP contribution in [0.1, 0.15) is 22.7 Å². The number of aromatic nitrogens is 2. The Kier molecular flexibility index (Phi) is 5.95. The predicted octanol–water partition coefficient (Wildman–Crippen LogP) is 3.71. The number of thioether (sulfide) groups is 1. The minimum absolute atomic E-state index is 0.0374. The van der Waals surface area contributed by atoms with E-state index in [-0.39, 0.29) is 11.5 Å². The van der Waals surface area contributed by atoms with Crippen molar-refractivity contribution < 1.29 is 4.79 Å². The fraction of sp³-hybridized carbons (Fsp3) is 0.409. The third kappa shape index (κ3) is 4.33. The molecular formula is C22H23ClN4O2S2. The van der Waals surface area contributed by atoms with Crippen molar-refractivity contribution in [2.24, 2.45) is 0 Å². The Balaban J connectivity index is 1.14. The highest BCUT2D eigenvalue weighted by Gasteiger charge is 2.23. The maximum atomic E-state index is 12.6. The van der Waals surface area contributed by atoms with E-state index < -0.39 is 0 Å². The molecule has 6 nitrogen and oxygen atoms in total. The lowest BCUT2D eigenvalue weighted by Crippen LogP contribution is -2.49. The Bertz CT molecular complexity index is 1170. The van der Waals surface area contributed by atoms with Crippen LogP contribution in [-0.4, -0.2) is 52.7 Å². The second kappa shape index (κ2) is 8.84. The van der Waals surface area contributed by atoms with Crippen molar-refractivity contribution in [1.29, 1.82) is 0 Å². The van der Waals surface area contributed by atoms with Crippen molar-refractivity contribution in [3.8, 4) is 0 Å². The molecule has 0 bridgehead atoms. The molecular weight excluding hydrogens is 452 g/mol. The van der Waals surface area contributed by atoms with Gasteiger partial charge in [0.05, 0.1) is 16.9 Å². The topological polar surface area (TPSA) is 69.3 Å². The number of benzene rings is 1. The second-order valence-corrected chi connectivity index (χ2v) is 10.4. The molecule has 0 atom stereocenters. The Hall–Kier alpha value is -2.03. The number of rotatable bonds is 5. The van der Waals surface area contributed by atoms with Crippen LogP contribution in [0.25, 0.3) is 10.2 Å². The quantitative estimate of drug-likeness (QED) is 0.610. The Labute approximate surface area is 193 Å². The third-order valence-corrected chi connectivity index (χ3v) is 8.28. The molecule has 3 aromatic rings. The lowest BCUT2D eigenvalue weighted by atomic mass is 10.2. The van der Waals surface area contributed by atoms with Gasteiger partial charge in [-0.3, -0.25) is 9.59 Å². The molecule has 9 heteroatoms. The summed E-state index contributed by atoms with van der Waals surface area (Å²) in [6.45, 7) is 3.05. The first-order valence-corrected chi connectivity index (χ1v) is 12.8. The monoisotopic (exact) mass is 474 g/mol. The first-order valence-electron chi connectivity index (χ1n) is 10.5. The molecule has 31 heavy (non-hydrogen) atoms. The van der Waals surface area contributed by atoms with Crippen LogP contribution in [0.5, 0.6) is 0 Å². The van der Waals surface area contributed by atoms with Gasteiger partial charge in [0.2, 0.25) is 5.91 Å². The van der Waals surface area contributed by atoms with Gasteiger partial charge in [0, 0.05) is 41.8 Å². The Morgan fingerprint density at radius 1 is 1.16 bits per heavy atom. The number of carbonyl (C=O) groups excluding carboxylic acids is 1. The van der Waals surface area contributed by atoms with Crippen LogP contribution in [0.2, 0.25) is 5.02 Å². The maximum absolute atomic E-state index is 12.6. The minimum Gasteiger partial charge on any atom is -0.368 e. The average molecular weight is 475 g/mol. The second-order valence-electron chi connectivity index (χ2n) is 7.89. The number of aromatic amines is 1. The fourth-order valence-electron chi connectivity index (χ4n) is 4.31. The highest BCUT2D eigenvalue weighted by molar-refractivity contribution is 7.99. The van der Waals surface area contributed by atoms with Gasteiger partial charge < -0.3 is 14.8 Å². The van der Waals surface area contributed by atoms with E-state index in [2.05, 4.69) is 14.9 Å². The van der Waals surface area contributed by atoms with Crippen LogP contribution in [0, 0.1) is 0 Å². The number of piperazine rings is 1. The van der Waals surface area contributed by atoms with Gasteiger partial charge >= 0.3 is 0 Å². The summed E-state index contributed by atoms with van der Waals surface area (Å²) in [4.78, 5) is 39.1. The molecule has 0 radical (unpaired) electrons. The van der Waals surface area contributed by atoms with E-state index in [9.17, 15) is 9.59 Å². The maximum Gasteiger partial charge on any atom is 0.259 e. The summed E-state index contributed by atoms with van der Waals surface area (Å²) < 4.78 is 0. The highest BCUT2D eigenvalue weighted by Crippen LogP contribution is 2.34. The van der Waals surface area contributed by atoms with E-state index >= 15 is 0 Å². The molecule has 1 fully saturated rings. The number of hydrogen-bond donors (Lipinski definition) is 1. The zero-order valence-corrected chi connectivity index (χ0v) is 19.4. The van der Waals surface area contributed by atoms with Crippen LogP contribution in [0.4, 0.5) is 5.69 Å². The number of hydrogen-bond acceptors (Lipinski definition) is 6. The molecule has 2 aliphatic rings. The summed E-state index contributed by atoms with van der Waals surface area (Å²) >= 11 is 9.12. The summed E-state index contributed by atoms with van der Waals surface area (Å²) in [6.07, 6.45) is 3.16. The van der Waals surface area contributed by atoms with Gasteiger partial charge in [-0.15, -0.1) is 23.1 Å². The smallest absolute Gasteiger partial charge is 0.259 e. The number of carbonyl (C=O) groups is 1. The Morgan fingerprint density at radius 3 is 2.71 bits per heavy atom. The van der Waals surface area contributed by atoms with Gasteiger partial charge in [0.25, 0.3) is 5.56 Å². The summed E-state index contributed by atoms with van der Waals surface area (Å²) in [5.41, 5.74) is 2.29. The summed E-state index contributed by atoms with van der Waals surface area (Å²) in [5.74, 6) is 1.72. The number of aryl methyl sites for hydroxylation is 2. The number of thiophene rings is 1. The molecule has 1 aromatic carbocycles. The number of anilines is 1. The van der Waals surface area contributed by atoms with E-state index in [0.717, 1.165) is 53.3 Å². The molecule has 1 aliphatic heterocycles. The van der Waals surface area contributed by atoms with E-state index in [4.69, 9.17) is 11.6 Å². The molecule has 1 N–H and O–H groups in total. The first kappa shape index (κ1) is 20.8. The van der Waals surface area contributed by atoms with Gasteiger partial charge in [-0.1, -0.05) is 11.6 Å². The number of fused-ring (bicyclic) bond motifs is 3. The molecule has 0 unspecified atom stereocenters. The number of H-pyrrole nitrogens is 1. The van der Waals surface area contributed by atoms with Gasteiger partial charge in [-0.2, -0.15) is 0 Å². The zero-order valence-electron chi connectivity index (χ0n) is 17.0. The van der Waals surface area contributed by atoms with Crippen molar-refractivity contribution in [3.63, 3.8) is 0 Å². The molecule has 1 saturated heterocycles. The van der Waals surface area contributed by atoms with E-state index in [1.165, 1.54) is 22.2 Å². The van der Waals surface area contributed by atoms with Crippen molar-refractivity contribution in [1.82, 2.24) is 14.9 Å². The van der Waals surface area contributed by atoms with Crippen LogP contribution in [0.15, 0.2) is 29.1 Å². The first-order chi connectivity index (χ1) is 15.1. The fourth-order valence-corrected chi connectivity index (χ4v) is 6.50.